The summed E-state index contributed by atoms with van der Waals surface area (Å²) < 4.78 is 3.34. The van der Waals surface area contributed by atoms with E-state index in [0.717, 1.165) is 63.8 Å². The molecule has 2 aromatic heterocycles. The Morgan fingerprint density at radius 1 is 0.844 bits per heavy atom. The average Bonchev–Trinajstić information content (AvgIpc) is 3.28. The van der Waals surface area contributed by atoms with E-state index in [1.807, 2.05) is 18.6 Å². The van der Waals surface area contributed by atoms with Crippen molar-refractivity contribution in [2.24, 2.45) is 0 Å². The number of hydrogen-bond donors (Lipinski definition) is 1. The Morgan fingerprint density at radius 2 is 1.62 bits per heavy atom. The maximum Gasteiger partial charge on any atom is 0.160 e. The molecule has 0 atom stereocenters. The van der Waals surface area contributed by atoms with E-state index in [-0.39, 0.29) is 0 Å². The predicted octanol–water partition coefficient (Wildman–Crippen LogP) is 6.61. The fourth-order valence-corrected chi connectivity index (χ4v) is 5.35. The van der Waals surface area contributed by atoms with Crippen molar-refractivity contribution in [2.45, 2.75) is 18.9 Å². The van der Waals surface area contributed by atoms with E-state index in [1.54, 1.807) is 0 Å². The smallest absolute Gasteiger partial charge is 0.160 e. The molecule has 158 valence electrons. The van der Waals surface area contributed by atoms with Crippen LogP contribution in [0.4, 0.5) is 0 Å². The summed E-state index contributed by atoms with van der Waals surface area (Å²) in [5.74, 6) is 0. The van der Waals surface area contributed by atoms with Crippen molar-refractivity contribution < 1.29 is 0 Å². The van der Waals surface area contributed by atoms with E-state index in [0.29, 0.717) is 6.04 Å². The first-order valence-corrected chi connectivity index (χ1v) is 11.9. The summed E-state index contributed by atoms with van der Waals surface area (Å²) in [5, 5.41) is 5.92. The van der Waals surface area contributed by atoms with Gasteiger partial charge < -0.3 is 9.88 Å². The number of nitrogens with zero attached hydrogens (tertiary/aromatic N) is 3. The zero-order valence-electron chi connectivity index (χ0n) is 17.6. The molecular formula is C27H23BrN4. The molecule has 5 aromatic rings. The van der Waals surface area contributed by atoms with E-state index >= 15 is 0 Å². The van der Waals surface area contributed by atoms with Crippen LogP contribution in [0.2, 0.25) is 0 Å². The second-order valence-electron chi connectivity index (χ2n) is 8.39. The Balaban J connectivity index is 1.62. The van der Waals surface area contributed by atoms with Crippen LogP contribution in [0.1, 0.15) is 18.9 Å². The average molecular weight is 483 g/mol. The maximum absolute atomic E-state index is 4.94. The van der Waals surface area contributed by atoms with Crippen molar-refractivity contribution in [3.05, 3.63) is 83.7 Å². The highest BCUT2D eigenvalue weighted by Gasteiger charge is 2.22. The molecule has 1 saturated heterocycles. The highest BCUT2D eigenvalue weighted by Crippen LogP contribution is 2.40. The lowest BCUT2D eigenvalue weighted by atomic mass is 9.94. The third-order valence-electron chi connectivity index (χ3n) is 6.49. The summed E-state index contributed by atoms with van der Waals surface area (Å²) in [4.78, 5) is 9.87. The standard InChI is InChI=1S/C27H23BrN4/c28-24-8-4-3-7-22(24)23-16-30-27-26(31-17-32(27)21-11-13-29-14-12-21)25(23)20-10-9-18-5-1-2-6-19(18)15-20/h1-10,15-17,21,29H,11-14H2. The van der Waals surface area contributed by atoms with Gasteiger partial charge >= 0.3 is 0 Å². The van der Waals surface area contributed by atoms with Crippen LogP contribution in [0.3, 0.4) is 0 Å². The molecule has 0 aliphatic carbocycles. The van der Waals surface area contributed by atoms with E-state index in [2.05, 4.69) is 86.5 Å². The summed E-state index contributed by atoms with van der Waals surface area (Å²) in [6, 6.07) is 24.0. The van der Waals surface area contributed by atoms with Gasteiger partial charge in [0.15, 0.2) is 5.65 Å². The van der Waals surface area contributed by atoms with Crippen LogP contribution < -0.4 is 5.32 Å². The van der Waals surface area contributed by atoms with Crippen molar-refractivity contribution in [2.75, 3.05) is 13.1 Å². The first-order chi connectivity index (χ1) is 15.8. The summed E-state index contributed by atoms with van der Waals surface area (Å²) in [6.45, 7) is 2.08. The molecule has 0 bridgehead atoms. The molecule has 3 aromatic carbocycles. The lowest BCUT2D eigenvalue weighted by molar-refractivity contribution is 0.373. The Bertz CT molecular complexity index is 1430. The fraction of sp³-hybridized carbons (Fsp3) is 0.185. The van der Waals surface area contributed by atoms with Crippen molar-refractivity contribution in [3.63, 3.8) is 0 Å². The van der Waals surface area contributed by atoms with Crippen molar-refractivity contribution >= 4 is 37.9 Å². The van der Waals surface area contributed by atoms with Gasteiger partial charge in [-0.15, -0.1) is 0 Å². The normalized spacial score (nSPS) is 14.9. The van der Waals surface area contributed by atoms with E-state index < -0.39 is 0 Å². The Hall–Kier alpha value is -3.02. The monoisotopic (exact) mass is 482 g/mol. The number of nitrogens with one attached hydrogen (secondary N) is 1. The van der Waals surface area contributed by atoms with Gasteiger partial charge in [-0.3, -0.25) is 0 Å². The Labute approximate surface area is 195 Å². The SMILES string of the molecule is Brc1ccccc1-c1cnc2c(ncn2C2CCNCC2)c1-c1ccc2ccccc2c1. The van der Waals surface area contributed by atoms with Crippen LogP contribution in [0.5, 0.6) is 0 Å². The highest BCUT2D eigenvalue weighted by atomic mass is 79.9. The number of aromatic nitrogens is 3. The van der Waals surface area contributed by atoms with Gasteiger partial charge in [0.2, 0.25) is 0 Å². The molecule has 0 radical (unpaired) electrons. The lowest BCUT2D eigenvalue weighted by Crippen LogP contribution is -2.29. The van der Waals surface area contributed by atoms with Crippen LogP contribution in [-0.2, 0) is 0 Å². The zero-order chi connectivity index (χ0) is 21.5. The summed E-state index contributed by atoms with van der Waals surface area (Å²) in [7, 11) is 0. The molecule has 0 spiro atoms. The van der Waals surface area contributed by atoms with Crippen LogP contribution in [0.15, 0.2) is 83.7 Å². The Kier molecular flexibility index (Phi) is 5.01. The molecule has 5 heteroatoms. The van der Waals surface area contributed by atoms with Crippen molar-refractivity contribution in [1.82, 2.24) is 19.9 Å². The van der Waals surface area contributed by atoms with Gasteiger partial charge in [-0.1, -0.05) is 70.5 Å². The minimum Gasteiger partial charge on any atom is -0.317 e. The van der Waals surface area contributed by atoms with Crippen LogP contribution in [-0.4, -0.2) is 27.6 Å². The van der Waals surface area contributed by atoms with Gasteiger partial charge in [0.1, 0.15) is 5.52 Å². The van der Waals surface area contributed by atoms with E-state index in [4.69, 9.17) is 9.97 Å². The quantitative estimate of drug-likeness (QED) is 0.314. The number of rotatable bonds is 3. The number of halogens is 1. The molecule has 0 saturated carbocycles. The number of benzene rings is 3. The predicted molar refractivity (Wildman–Crippen MR) is 135 cm³/mol. The number of piperidine rings is 1. The molecular weight excluding hydrogens is 460 g/mol. The number of hydrogen-bond acceptors (Lipinski definition) is 3. The first-order valence-electron chi connectivity index (χ1n) is 11.1. The topological polar surface area (TPSA) is 42.7 Å². The molecule has 3 heterocycles. The first kappa shape index (κ1) is 19.6. The van der Waals surface area contributed by atoms with Gasteiger partial charge in [-0.05, 0) is 60.0 Å². The van der Waals surface area contributed by atoms with Gasteiger partial charge in [0.25, 0.3) is 0 Å². The third kappa shape index (κ3) is 3.33. The Morgan fingerprint density at radius 3 is 2.47 bits per heavy atom. The molecule has 1 N–H and O–H groups in total. The molecule has 4 nitrogen and oxygen atoms in total. The van der Waals surface area contributed by atoms with Crippen LogP contribution >= 0.6 is 15.9 Å². The summed E-state index contributed by atoms with van der Waals surface area (Å²) in [5.41, 5.74) is 6.46. The van der Waals surface area contributed by atoms with Crippen molar-refractivity contribution in [3.8, 4) is 22.3 Å². The number of imidazole rings is 1. The van der Waals surface area contributed by atoms with Gasteiger partial charge in [-0.25, -0.2) is 9.97 Å². The van der Waals surface area contributed by atoms with Gasteiger partial charge in [0.05, 0.1) is 6.33 Å². The van der Waals surface area contributed by atoms with Crippen LogP contribution in [0.25, 0.3) is 44.2 Å². The van der Waals surface area contributed by atoms with E-state index in [9.17, 15) is 0 Å². The molecule has 0 amide bonds. The minimum atomic E-state index is 0.438. The molecule has 32 heavy (non-hydrogen) atoms. The number of fused-ring (bicyclic) bond motifs is 2. The third-order valence-corrected chi connectivity index (χ3v) is 7.19. The van der Waals surface area contributed by atoms with Gasteiger partial charge in [-0.2, -0.15) is 0 Å². The van der Waals surface area contributed by atoms with E-state index in [1.165, 1.54) is 10.8 Å². The molecule has 6 rings (SSSR count). The molecule has 1 fully saturated rings. The number of pyridine rings is 1. The lowest BCUT2D eigenvalue weighted by Gasteiger charge is -2.24. The minimum absolute atomic E-state index is 0.438. The second-order valence-corrected chi connectivity index (χ2v) is 9.25. The second kappa shape index (κ2) is 8.15. The van der Waals surface area contributed by atoms with Gasteiger partial charge in [0, 0.05) is 27.8 Å². The van der Waals surface area contributed by atoms with Crippen LogP contribution in [0, 0.1) is 0 Å². The zero-order valence-corrected chi connectivity index (χ0v) is 19.2. The largest absolute Gasteiger partial charge is 0.317 e. The molecule has 1 aliphatic rings. The summed E-state index contributed by atoms with van der Waals surface area (Å²) in [6.07, 6.45) is 6.21. The fourth-order valence-electron chi connectivity index (χ4n) is 4.85. The molecule has 0 unspecified atom stereocenters. The summed E-state index contributed by atoms with van der Waals surface area (Å²) >= 11 is 3.75. The van der Waals surface area contributed by atoms with Crippen molar-refractivity contribution in [1.29, 1.82) is 0 Å². The highest BCUT2D eigenvalue weighted by molar-refractivity contribution is 9.10. The maximum atomic E-state index is 4.94. The molecule has 1 aliphatic heterocycles.